The molecule has 1 radical (unpaired) electrons. The molecule has 0 aliphatic heterocycles. The largest absolute Gasteiger partial charge is 0.368 e. The van der Waals surface area contributed by atoms with Gasteiger partial charge in [-0.3, -0.25) is 0 Å². The molecule has 0 aromatic heterocycles. The highest BCUT2D eigenvalue weighted by atomic mass is 35.5. The molecule has 0 saturated carbocycles. The molecular weight excluding hydrogens is 164 g/mol. The van der Waals surface area contributed by atoms with Crippen molar-refractivity contribution >= 4 is 23.2 Å². The SMILES string of the molecule is [CH2]C(F)(Cl)C(F)(F)Cl. The van der Waals surface area contributed by atoms with Crippen molar-refractivity contribution < 1.29 is 13.2 Å². The first kappa shape index (κ1) is 8.37. The monoisotopic (exact) mass is 165 g/mol. The van der Waals surface area contributed by atoms with Gasteiger partial charge in [-0.1, -0.05) is 11.6 Å². The highest BCUT2D eigenvalue weighted by Crippen LogP contribution is 2.38. The predicted molar refractivity (Wildman–Crippen MR) is 25.8 cm³/mol. The summed E-state index contributed by atoms with van der Waals surface area (Å²) < 4.78 is 34.5. The lowest BCUT2D eigenvalue weighted by Gasteiger charge is -2.16. The number of alkyl halides is 5. The van der Waals surface area contributed by atoms with Crippen LogP contribution in [0.5, 0.6) is 0 Å². The van der Waals surface area contributed by atoms with Gasteiger partial charge in [-0.15, -0.1) is 0 Å². The van der Waals surface area contributed by atoms with Gasteiger partial charge in [-0.25, -0.2) is 4.39 Å². The molecule has 0 amide bonds. The number of hydrogen-bond acceptors (Lipinski definition) is 0. The zero-order chi connectivity index (χ0) is 7.00. The summed E-state index contributed by atoms with van der Waals surface area (Å²) in [5.74, 6) is 0. The van der Waals surface area contributed by atoms with Crippen molar-refractivity contribution in [3.8, 4) is 0 Å². The van der Waals surface area contributed by atoms with Crippen LogP contribution in [0.1, 0.15) is 0 Å². The van der Waals surface area contributed by atoms with Gasteiger partial charge in [0.15, 0.2) is 0 Å². The lowest BCUT2D eigenvalue weighted by atomic mass is 10.4. The van der Waals surface area contributed by atoms with Crippen molar-refractivity contribution in [2.75, 3.05) is 0 Å². The van der Waals surface area contributed by atoms with E-state index in [1.165, 1.54) is 0 Å². The molecule has 0 aliphatic carbocycles. The zero-order valence-corrected chi connectivity index (χ0v) is 5.11. The molecule has 0 spiro atoms. The minimum absolute atomic E-state index is 2.26. The molecular formula is C3H2Cl2F3. The average Bonchev–Trinajstić information content (AvgIpc) is 1.25. The Kier molecular flexibility index (Phi) is 2.04. The van der Waals surface area contributed by atoms with E-state index in [1.54, 1.807) is 0 Å². The third-order valence-corrected chi connectivity index (χ3v) is 1.05. The molecule has 0 N–H and O–H groups in total. The van der Waals surface area contributed by atoms with E-state index in [0.29, 0.717) is 0 Å². The molecule has 0 saturated heterocycles. The van der Waals surface area contributed by atoms with E-state index in [1.807, 2.05) is 0 Å². The summed E-state index contributed by atoms with van der Waals surface area (Å²) >= 11 is 8.46. The molecule has 0 aromatic carbocycles. The minimum atomic E-state index is -4.10. The number of halogens is 5. The van der Waals surface area contributed by atoms with Gasteiger partial charge in [0.1, 0.15) is 0 Å². The molecule has 0 nitrogen and oxygen atoms in total. The Morgan fingerprint density at radius 2 is 1.25 bits per heavy atom. The van der Waals surface area contributed by atoms with E-state index in [4.69, 9.17) is 0 Å². The van der Waals surface area contributed by atoms with E-state index in [-0.39, 0.29) is 0 Å². The summed E-state index contributed by atoms with van der Waals surface area (Å²) in [5, 5.41) is -7.51. The van der Waals surface area contributed by atoms with Gasteiger partial charge in [0, 0.05) is 6.92 Å². The molecule has 0 bridgehead atoms. The van der Waals surface area contributed by atoms with Crippen molar-refractivity contribution in [1.29, 1.82) is 0 Å². The maximum atomic E-state index is 11.7. The first-order valence-electron chi connectivity index (χ1n) is 1.55. The molecule has 0 heterocycles. The third-order valence-electron chi connectivity index (χ3n) is 0.415. The van der Waals surface area contributed by atoms with Crippen LogP contribution in [0.25, 0.3) is 0 Å². The molecule has 5 heteroatoms. The third kappa shape index (κ3) is 2.09. The second-order valence-electron chi connectivity index (χ2n) is 1.20. The van der Waals surface area contributed by atoms with Gasteiger partial charge in [-0.05, 0) is 11.6 Å². The molecule has 8 heavy (non-hydrogen) atoms. The standard InChI is InChI=1S/C3H2Cl2F3/c1-2(4,6)3(5,7)8/h1H2. The van der Waals surface area contributed by atoms with Crippen molar-refractivity contribution in [2.45, 2.75) is 10.5 Å². The van der Waals surface area contributed by atoms with Gasteiger partial charge in [0.25, 0.3) is 5.13 Å². The van der Waals surface area contributed by atoms with Gasteiger partial charge in [0.2, 0.25) is 0 Å². The van der Waals surface area contributed by atoms with Crippen LogP contribution < -0.4 is 0 Å². The van der Waals surface area contributed by atoms with Crippen molar-refractivity contribution in [3.63, 3.8) is 0 Å². The van der Waals surface area contributed by atoms with Crippen LogP contribution in [0.2, 0.25) is 0 Å². The van der Waals surface area contributed by atoms with Crippen LogP contribution >= 0.6 is 23.2 Å². The first-order valence-corrected chi connectivity index (χ1v) is 2.30. The summed E-state index contributed by atoms with van der Waals surface area (Å²) in [5.41, 5.74) is 0. The second kappa shape index (κ2) is 1.95. The van der Waals surface area contributed by atoms with Gasteiger partial charge >= 0.3 is 5.38 Å². The van der Waals surface area contributed by atoms with Crippen LogP contribution in [-0.4, -0.2) is 10.5 Å². The smallest absolute Gasteiger partial charge is 0.218 e. The zero-order valence-electron chi connectivity index (χ0n) is 3.60. The molecule has 1 unspecified atom stereocenters. The normalized spacial score (nSPS) is 20.2. The van der Waals surface area contributed by atoms with Gasteiger partial charge in [0.05, 0.1) is 0 Å². The fourth-order valence-electron chi connectivity index (χ4n) is 0. The van der Waals surface area contributed by atoms with Crippen LogP contribution in [0, 0.1) is 6.92 Å². The summed E-state index contributed by atoms with van der Waals surface area (Å²) in [6.45, 7) is 2.26. The van der Waals surface area contributed by atoms with E-state index >= 15 is 0 Å². The van der Waals surface area contributed by atoms with Crippen LogP contribution in [-0.2, 0) is 0 Å². The quantitative estimate of drug-likeness (QED) is 0.525. The van der Waals surface area contributed by atoms with Crippen molar-refractivity contribution in [2.24, 2.45) is 0 Å². The second-order valence-corrected chi connectivity index (χ2v) is 2.28. The summed E-state index contributed by atoms with van der Waals surface area (Å²) in [7, 11) is 0. The molecule has 0 aromatic rings. The summed E-state index contributed by atoms with van der Waals surface area (Å²) in [6, 6.07) is 0. The molecule has 0 aliphatic rings. The minimum Gasteiger partial charge on any atom is -0.218 e. The maximum Gasteiger partial charge on any atom is 0.368 e. The Morgan fingerprint density at radius 3 is 1.25 bits per heavy atom. The van der Waals surface area contributed by atoms with Crippen molar-refractivity contribution in [1.82, 2.24) is 0 Å². The number of hydrogen-bond donors (Lipinski definition) is 0. The summed E-state index contributed by atoms with van der Waals surface area (Å²) in [6.07, 6.45) is 0. The topological polar surface area (TPSA) is 0 Å². The molecule has 1 atom stereocenters. The van der Waals surface area contributed by atoms with Crippen LogP contribution in [0.3, 0.4) is 0 Å². The Balaban J connectivity index is 4.02. The summed E-state index contributed by atoms with van der Waals surface area (Å²) in [4.78, 5) is 0. The Bertz CT molecular complexity index is 67.5. The van der Waals surface area contributed by atoms with Gasteiger partial charge in [-0.2, -0.15) is 8.78 Å². The lowest BCUT2D eigenvalue weighted by Crippen LogP contribution is -2.30. The Morgan fingerprint density at radius 1 is 1.12 bits per heavy atom. The first-order chi connectivity index (χ1) is 3.25. The van der Waals surface area contributed by atoms with E-state index in [0.717, 1.165) is 0 Å². The average molecular weight is 166 g/mol. The molecule has 0 rings (SSSR count). The molecule has 49 valence electrons. The van der Waals surface area contributed by atoms with Crippen LogP contribution in [0.4, 0.5) is 13.2 Å². The van der Waals surface area contributed by atoms with E-state index in [2.05, 4.69) is 30.1 Å². The van der Waals surface area contributed by atoms with E-state index < -0.39 is 10.5 Å². The van der Waals surface area contributed by atoms with Crippen LogP contribution in [0.15, 0.2) is 0 Å². The molecule has 0 fully saturated rings. The fourth-order valence-corrected chi connectivity index (χ4v) is 0. The van der Waals surface area contributed by atoms with Crippen molar-refractivity contribution in [3.05, 3.63) is 6.92 Å². The fraction of sp³-hybridized carbons (Fsp3) is 0.667. The maximum absolute atomic E-state index is 11.7. The highest BCUT2D eigenvalue weighted by Gasteiger charge is 2.48. The van der Waals surface area contributed by atoms with Gasteiger partial charge < -0.3 is 0 Å². The Labute approximate surface area is 54.6 Å². The Hall–Kier alpha value is 0.370. The lowest BCUT2D eigenvalue weighted by molar-refractivity contribution is 0.00473. The van der Waals surface area contributed by atoms with E-state index in [9.17, 15) is 13.2 Å². The number of rotatable bonds is 1. The highest BCUT2D eigenvalue weighted by molar-refractivity contribution is 6.32. The predicted octanol–water partition coefficient (Wildman–Crippen LogP) is 2.56.